The molecule has 1 aliphatic rings. The van der Waals surface area contributed by atoms with E-state index in [0.29, 0.717) is 15.7 Å². The first-order chi connectivity index (χ1) is 12.0. The van der Waals surface area contributed by atoms with Crippen LogP contribution < -0.4 is 5.32 Å². The van der Waals surface area contributed by atoms with Gasteiger partial charge in [0, 0.05) is 17.5 Å². The van der Waals surface area contributed by atoms with Crippen LogP contribution in [0.5, 0.6) is 0 Å². The van der Waals surface area contributed by atoms with E-state index in [1.807, 2.05) is 0 Å². The topological polar surface area (TPSA) is 32.3 Å². The van der Waals surface area contributed by atoms with E-state index >= 15 is 0 Å². The molecule has 6 heteroatoms. The molecule has 1 amide bonds. The van der Waals surface area contributed by atoms with Gasteiger partial charge in [-0.05, 0) is 61.8 Å². The molecule has 1 fully saturated rings. The van der Waals surface area contributed by atoms with Crippen molar-refractivity contribution >= 4 is 34.8 Å². The second kappa shape index (κ2) is 8.17. The first-order valence-corrected chi connectivity index (χ1v) is 8.99. The molecular weight excluding hydrogens is 362 g/mol. The summed E-state index contributed by atoms with van der Waals surface area (Å²) in [5.41, 5.74) is 1.67. The summed E-state index contributed by atoms with van der Waals surface area (Å²) in [4.78, 5) is 14.7. The minimum atomic E-state index is -0.222. The molecule has 1 saturated heterocycles. The number of carbonyl (C=O) groups excluding carboxylic acids is 1. The Morgan fingerprint density at radius 3 is 2.44 bits per heavy atom. The van der Waals surface area contributed by atoms with Crippen molar-refractivity contribution in [1.29, 1.82) is 0 Å². The molecule has 1 N–H and O–H groups in total. The molecule has 0 unspecified atom stereocenters. The lowest BCUT2D eigenvalue weighted by Gasteiger charge is -2.31. The van der Waals surface area contributed by atoms with Crippen LogP contribution in [0.25, 0.3) is 0 Å². The van der Waals surface area contributed by atoms with E-state index < -0.39 is 0 Å². The molecule has 25 heavy (non-hydrogen) atoms. The number of nitrogens with one attached hydrogen (secondary N) is 1. The zero-order chi connectivity index (χ0) is 17.8. The Labute approximate surface area is 156 Å². The van der Waals surface area contributed by atoms with Crippen molar-refractivity contribution in [3.05, 3.63) is 63.9 Å². The maximum atomic E-state index is 13.0. The molecule has 0 spiro atoms. The molecule has 1 aliphatic heterocycles. The predicted molar refractivity (Wildman–Crippen MR) is 99.5 cm³/mol. The van der Waals surface area contributed by atoms with Gasteiger partial charge in [-0.1, -0.05) is 35.3 Å². The zero-order valence-electron chi connectivity index (χ0n) is 13.6. The van der Waals surface area contributed by atoms with Gasteiger partial charge in [-0.3, -0.25) is 9.69 Å². The number of anilines is 1. The first-order valence-electron chi connectivity index (χ1n) is 8.24. The number of hydrogen-bond donors (Lipinski definition) is 1. The molecule has 2 aromatic rings. The van der Waals surface area contributed by atoms with E-state index in [1.54, 1.807) is 30.3 Å². The van der Waals surface area contributed by atoms with Crippen LogP contribution in [0, 0.1) is 11.7 Å². The van der Waals surface area contributed by atoms with Gasteiger partial charge in [-0.2, -0.15) is 0 Å². The van der Waals surface area contributed by atoms with E-state index in [1.165, 1.54) is 12.1 Å². The summed E-state index contributed by atoms with van der Waals surface area (Å²) in [6.45, 7) is 2.45. The molecule has 0 bridgehead atoms. The highest BCUT2D eigenvalue weighted by atomic mass is 35.5. The standard InChI is InChI=1S/C19H19Cl2FN2O/c20-15-3-6-18(17(21)11-15)23-19(25)14-7-9-24(10-8-14)12-13-1-4-16(22)5-2-13/h1-6,11,14H,7-10,12H2,(H,23,25). The van der Waals surface area contributed by atoms with Crippen molar-refractivity contribution in [2.45, 2.75) is 19.4 Å². The first kappa shape index (κ1) is 18.2. The summed E-state index contributed by atoms with van der Waals surface area (Å²) in [5.74, 6) is -0.262. The average molecular weight is 381 g/mol. The smallest absolute Gasteiger partial charge is 0.227 e. The van der Waals surface area contributed by atoms with Crippen molar-refractivity contribution in [1.82, 2.24) is 4.90 Å². The summed E-state index contributed by atoms with van der Waals surface area (Å²) in [6.07, 6.45) is 1.58. The fourth-order valence-corrected chi connectivity index (χ4v) is 3.48. The van der Waals surface area contributed by atoms with E-state index in [2.05, 4.69) is 10.2 Å². The minimum absolute atomic E-state index is 0.00865. The summed E-state index contributed by atoms with van der Waals surface area (Å²) in [5, 5.41) is 3.87. The van der Waals surface area contributed by atoms with E-state index in [-0.39, 0.29) is 17.6 Å². The Kier molecular flexibility index (Phi) is 5.94. The molecule has 2 aromatic carbocycles. The predicted octanol–water partition coefficient (Wildman–Crippen LogP) is 4.98. The second-order valence-electron chi connectivity index (χ2n) is 6.29. The van der Waals surface area contributed by atoms with E-state index in [9.17, 15) is 9.18 Å². The third-order valence-electron chi connectivity index (χ3n) is 4.47. The lowest BCUT2D eigenvalue weighted by atomic mass is 9.95. The molecule has 0 radical (unpaired) electrons. The van der Waals surface area contributed by atoms with Crippen molar-refractivity contribution in [2.75, 3.05) is 18.4 Å². The Morgan fingerprint density at radius 1 is 1.12 bits per heavy atom. The largest absolute Gasteiger partial charge is 0.325 e. The lowest BCUT2D eigenvalue weighted by Crippen LogP contribution is -2.37. The molecule has 1 heterocycles. The van der Waals surface area contributed by atoms with Gasteiger partial charge < -0.3 is 5.32 Å². The Morgan fingerprint density at radius 2 is 1.80 bits per heavy atom. The highest BCUT2D eigenvalue weighted by Gasteiger charge is 2.25. The molecule has 0 saturated carbocycles. The van der Waals surface area contributed by atoms with Crippen LogP contribution in [0.3, 0.4) is 0 Å². The monoisotopic (exact) mass is 380 g/mol. The van der Waals surface area contributed by atoms with Crippen LogP contribution in [0.1, 0.15) is 18.4 Å². The van der Waals surface area contributed by atoms with Crippen molar-refractivity contribution < 1.29 is 9.18 Å². The van der Waals surface area contributed by atoms with Crippen LogP contribution in [-0.4, -0.2) is 23.9 Å². The molecule has 3 rings (SSSR count). The van der Waals surface area contributed by atoms with E-state index in [4.69, 9.17) is 23.2 Å². The SMILES string of the molecule is O=C(Nc1ccc(Cl)cc1Cl)C1CCN(Cc2ccc(F)cc2)CC1. The lowest BCUT2D eigenvalue weighted by molar-refractivity contribution is -0.121. The number of rotatable bonds is 4. The van der Waals surface area contributed by atoms with Gasteiger partial charge in [0.25, 0.3) is 0 Å². The number of nitrogens with zero attached hydrogens (tertiary/aromatic N) is 1. The number of carbonyl (C=O) groups is 1. The third-order valence-corrected chi connectivity index (χ3v) is 5.01. The van der Waals surface area contributed by atoms with Crippen LogP contribution >= 0.6 is 23.2 Å². The number of likely N-dealkylation sites (tertiary alicyclic amines) is 1. The third kappa shape index (κ3) is 4.94. The number of piperidine rings is 1. The van der Waals surface area contributed by atoms with Gasteiger partial charge in [-0.25, -0.2) is 4.39 Å². The number of amides is 1. The second-order valence-corrected chi connectivity index (χ2v) is 7.13. The molecule has 0 aliphatic carbocycles. The Balaban J connectivity index is 1.51. The zero-order valence-corrected chi connectivity index (χ0v) is 15.2. The minimum Gasteiger partial charge on any atom is -0.325 e. The van der Waals surface area contributed by atoms with Gasteiger partial charge >= 0.3 is 0 Å². The van der Waals surface area contributed by atoms with Crippen molar-refractivity contribution in [3.63, 3.8) is 0 Å². The van der Waals surface area contributed by atoms with Gasteiger partial charge in [0.15, 0.2) is 0 Å². The van der Waals surface area contributed by atoms with Crippen molar-refractivity contribution in [3.8, 4) is 0 Å². The van der Waals surface area contributed by atoms with Gasteiger partial charge in [0.05, 0.1) is 10.7 Å². The van der Waals surface area contributed by atoms with Crippen LogP contribution in [0.15, 0.2) is 42.5 Å². The summed E-state index contributed by atoms with van der Waals surface area (Å²) >= 11 is 12.0. The maximum absolute atomic E-state index is 13.0. The highest BCUT2D eigenvalue weighted by Crippen LogP contribution is 2.27. The highest BCUT2D eigenvalue weighted by molar-refractivity contribution is 6.36. The van der Waals surface area contributed by atoms with Crippen LogP contribution in [-0.2, 0) is 11.3 Å². The molecule has 132 valence electrons. The summed E-state index contributed by atoms with van der Waals surface area (Å²) in [7, 11) is 0. The quantitative estimate of drug-likeness (QED) is 0.810. The molecule has 0 atom stereocenters. The van der Waals surface area contributed by atoms with E-state index in [0.717, 1.165) is 38.0 Å². The van der Waals surface area contributed by atoms with Crippen LogP contribution in [0.2, 0.25) is 10.0 Å². The Bertz CT molecular complexity index is 744. The van der Waals surface area contributed by atoms with Crippen LogP contribution in [0.4, 0.5) is 10.1 Å². The number of benzene rings is 2. The average Bonchev–Trinajstić information content (AvgIpc) is 2.60. The molecular formula is C19H19Cl2FN2O. The maximum Gasteiger partial charge on any atom is 0.227 e. The van der Waals surface area contributed by atoms with Gasteiger partial charge in [0.2, 0.25) is 5.91 Å². The normalized spacial score (nSPS) is 16.0. The van der Waals surface area contributed by atoms with Gasteiger partial charge in [-0.15, -0.1) is 0 Å². The summed E-state index contributed by atoms with van der Waals surface area (Å²) < 4.78 is 13.0. The molecule has 3 nitrogen and oxygen atoms in total. The fourth-order valence-electron chi connectivity index (χ4n) is 3.03. The Hall–Kier alpha value is -1.62. The number of hydrogen-bond acceptors (Lipinski definition) is 2. The van der Waals surface area contributed by atoms with Gasteiger partial charge in [0.1, 0.15) is 5.82 Å². The number of halogens is 3. The summed E-state index contributed by atoms with van der Waals surface area (Å²) in [6, 6.07) is 11.6. The fraction of sp³-hybridized carbons (Fsp3) is 0.316. The molecule has 0 aromatic heterocycles. The van der Waals surface area contributed by atoms with Crippen molar-refractivity contribution in [2.24, 2.45) is 5.92 Å².